The summed E-state index contributed by atoms with van der Waals surface area (Å²) in [4.78, 5) is 0. The molecule has 0 bridgehead atoms. The van der Waals surface area contributed by atoms with E-state index in [1.165, 1.54) is 39.0 Å². The Morgan fingerprint density at radius 1 is 0.500 bits per heavy atom. The number of allylic oxidation sites excluding steroid dienone is 10. The summed E-state index contributed by atoms with van der Waals surface area (Å²) < 4.78 is 4.97. The minimum atomic E-state index is 0.618. The third-order valence-corrected chi connectivity index (χ3v) is 15.1. The molecule has 2 aromatic heterocycles. The molecule has 3 heteroatoms. The number of aromatic nitrogens is 2. The molecule has 10 aromatic rings. The molecular weight excluding hydrogens is 919 g/mol. The first-order valence-electron chi connectivity index (χ1n) is 26.5. The Labute approximate surface area is 450 Å². The summed E-state index contributed by atoms with van der Waals surface area (Å²) in [6, 6.07) is 54.9. The molecular formula is C73H67N3. The zero-order valence-electron chi connectivity index (χ0n) is 46.3. The van der Waals surface area contributed by atoms with Crippen LogP contribution in [0.5, 0.6) is 0 Å². The SMILES string of the molecule is C=C/C(=C(/C)C=C(C)C)c1ccc2c3ccc(C(=C/C)/C(C)=C\C(=C)C)cc3n(-c3cc(C)cc(-n4c5cc(-c6ccc(C)cc6C)ccc5c5ccc(-c6ccc(C)cc6C)cc54)c3-c3ccc(C)cc3C#N)c2c1. The number of benzene rings is 8. The van der Waals surface area contributed by atoms with E-state index in [1.807, 2.05) is 19.1 Å². The Balaban J connectivity index is 1.42. The van der Waals surface area contributed by atoms with Crippen LogP contribution in [0.2, 0.25) is 0 Å². The summed E-state index contributed by atoms with van der Waals surface area (Å²) in [5, 5.41) is 15.9. The highest BCUT2D eigenvalue weighted by Crippen LogP contribution is 2.46. The van der Waals surface area contributed by atoms with Gasteiger partial charge in [0.25, 0.3) is 0 Å². The molecule has 0 radical (unpaired) electrons. The van der Waals surface area contributed by atoms with E-state index in [0.29, 0.717) is 5.56 Å². The van der Waals surface area contributed by atoms with Crippen molar-refractivity contribution in [3.05, 3.63) is 249 Å². The minimum absolute atomic E-state index is 0.618. The van der Waals surface area contributed by atoms with Crippen molar-refractivity contribution in [3.63, 3.8) is 0 Å². The second-order valence-corrected chi connectivity index (χ2v) is 21.5. The fourth-order valence-corrected chi connectivity index (χ4v) is 11.9. The van der Waals surface area contributed by atoms with Crippen molar-refractivity contribution >= 4 is 54.8 Å². The Morgan fingerprint density at radius 2 is 0.961 bits per heavy atom. The van der Waals surface area contributed by atoms with E-state index in [0.717, 1.165) is 127 Å². The lowest BCUT2D eigenvalue weighted by Crippen LogP contribution is -2.06. The van der Waals surface area contributed by atoms with Gasteiger partial charge in [0.15, 0.2) is 0 Å². The number of rotatable bonds is 11. The van der Waals surface area contributed by atoms with Gasteiger partial charge in [-0.05, 0) is 203 Å². The molecule has 0 aliphatic rings. The number of nitriles is 1. The van der Waals surface area contributed by atoms with E-state index in [9.17, 15) is 5.26 Å². The average Bonchev–Trinajstić information content (AvgIpc) is 3.92. The summed E-state index contributed by atoms with van der Waals surface area (Å²) in [5.74, 6) is 0. The highest BCUT2D eigenvalue weighted by atomic mass is 15.0. The van der Waals surface area contributed by atoms with E-state index < -0.39 is 0 Å². The first-order chi connectivity index (χ1) is 36.5. The molecule has 0 saturated heterocycles. The molecule has 0 unspecified atom stereocenters. The predicted molar refractivity (Wildman–Crippen MR) is 329 cm³/mol. The van der Waals surface area contributed by atoms with E-state index in [2.05, 4.69) is 256 Å². The molecule has 3 nitrogen and oxygen atoms in total. The van der Waals surface area contributed by atoms with Gasteiger partial charge in [-0.15, -0.1) is 0 Å². The second-order valence-electron chi connectivity index (χ2n) is 21.5. The first kappa shape index (κ1) is 50.8. The maximum atomic E-state index is 11.3. The van der Waals surface area contributed by atoms with Crippen molar-refractivity contribution in [1.29, 1.82) is 5.26 Å². The molecule has 0 spiro atoms. The van der Waals surface area contributed by atoms with Crippen LogP contribution in [-0.2, 0) is 0 Å². The fraction of sp³-hybridized carbons (Fsp3) is 0.164. The van der Waals surface area contributed by atoms with Gasteiger partial charge >= 0.3 is 0 Å². The van der Waals surface area contributed by atoms with E-state index in [4.69, 9.17) is 0 Å². The zero-order valence-corrected chi connectivity index (χ0v) is 46.3. The summed E-state index contributed by atoms with van der Waals surface area (Å²) in [5.41, 5.74) is 29.5. The van der Waals surface area contributed by atoms with Crippen molar-refractivity contribution in [1.82, 2.24) is 9.13 Å². The maximum Gasteiger partial charge on any atom is 0.0998 e. The van der Waals surface area contributed by atoms with Crippen LogP contribution in [0.1, 0.15) is 91.6 Å². The van der Waals surface area contributed by atoms with Crippen molar-refractivity contribution in [2.75, 3.05) is 0 Å². The zero-order chi connectivity index (χ0) is 53.9. The number of hydrogen-bond acceptors (Lipinski definition) is 1. The summed E-state index contributed by atoms with van der Waals surface area (Å²) in [6.45, 7) is 34.4. The van der Waals surface area contributed by atoms with Crippen molar-refractivity contribution in [2.24, 2.45) is 0 Å². The lowest BCUT2D eigenvalue weighted by Gasteiger charge is -2.23. The number of nitrogens with zero attached hydrogens (tertiary/aromatic N) is 3. The summed E-state index contributed by atoms with van der Waals surface area (Å²) in [6.07, 6.45) is 8.58. The Hall–Kier alpha value is -8.71. The molecule has 0 aliphatic heterocycles. The Morgan fingerprint density at radius 3 is 1.42 bits per heavy atom. The highest BCUT2D eigenvalue weighted by Gasteiger charge is 2.26. The van der Waals surface area contributed by atoms with Crippen LogP contribution >= 0.6 is 0 Å². The van der Waals surface area contributed by atoms with Crippen LogP contribution in [0.25, 0.3) is 99.5 Å². The largest absolute Gasteiger partial charge is 0.308 e. The first-order valence-corrected chi connectivity index (χ1v) is 26.5. The van der Waals surface area contributed by atoms with Crippen molar-refractivity contribution in [3.8, 4) is 50.8 Å². The van der Waals surface area contributed by atoms with Crippen molar-refractivity contribution in [2.45, 2.75) is 83.1 Å². The number of aryl methyl sites for hydroxylation is 6. The van der Waals surface area contributed by atoms with Crippen LogP contribution in [0.4, 0.5) is 0 Å². The molecule has 0 atom stereocenters. The van der Waals surface area contributed by atoms with Gasteiger partial charge in [-0.1, -0.05) is 157 Å². The normalized spacial score (nSPS) is 12.4. The van der Waals surface area contributed by atoms with E-state index in [-0.39, 0.29) is 0 Å². The number of fused-ring (bicyclic) bond motifs is 6. The molecule has 0 amide bonds. The smallest absolute Gasteiger partial charge is 0.0998 e. The fourth-order valence-electron chi connectivity index (χ4n) is 11.9. The highest BCUT2D eigenvalue weighted by molar-refractivity contribution is 6.14. The maximum absolute atomic E-state index is 11.3. The van der Waals surface area contributed by atoms with Crippen LogP contribution in [0, 0.1) is 52.9 Å². The lowest BCUT2D eigenvalue weighted by atomic mass is 9.93. The molecule has 0 saturated carbocycles. The standard InChI is InChI=1S/C73H67N3/c1-15-58(49(11)31-43(3)4)53-20-27-63-64-28-21-54(59(16-2)50(12)32-44(5)6)39-68(64)75(67(63)38-53)71-36-48(10)37-72(73(71)62-26-19-47(9)35-57(62)42-74)76-69-40-55(60-24-17-45(7)33-51(60)13)22-29-65(69)66-30-23-56(41-70(66)76)61-25-18-46(8)34-52(61)14/h15-41H,1,5H2,2-4,6-14H3/b50-32-,58-49+,59-16+. The Bertz CT molecular complexity index is 4160. The molecule has 8 aromatic carbocycles. The predicted octanol–water partition coefficient (Wildman–Crippen LogP) is 20.5. The van der Waals surface area contributed by atoms with Gasteiger partial charge < -0.3 is 9.13 Å². The number of hydrogen-bond donors (Lipinski definition) is 0. The van der Waals surface area contributed by atoms with Gasteiger partial charge in [-0.3, -0.25) is 0 Å². The van der Waals surface area contributed by atoms with Gasteiger partial charge in [0, 0.05) is 32.7 Å². The van der Waals surface area contributed by atoms with Gasteiger partial charge in [0.05, 0.1) is 45.1 Å². The van der Waals surface area contributed by atoms with Crippen LogP contribution < -0.4 is 0 Å². The molecule has 0 fully saturated rings. The quantitative estimate of drug-likeness (QED) is 0.119. The lowest BCUT2D eigenvalue weighted by molar-refractivity contribution is 1.12. The van der Waals surface area contributed by atoms with E-state index >= 15 is 0 Å². The Kier molecular flexibility index (Phi) is 13.5. The topological polar surface area (TPSA) is 33.6 Å². The summed E-state index contributed by atoms with van der Waals surface area (Å²) >= 11 is 0. The van der Waals surface area contributed by atoms with E-state index in [1.54, 1.807) is 0 Å². The van der Waals surface area contributed by atoms with Crippen LogP contribution in [0.3, 0.4) is 0 Å². The summed E-state index contributed by atoms with van der Waals surface area (Å²) in [7, 11) is 0. The molecule has 76 heavy (non-hydrogen) atoms. The monoisotopic (exact) mass is 986 g/mol. The third-order valence-electron chi connectivity index (χ3n) is 15.1. The van der Waals surface area contributed by atoms with Crippen LogP contribution in [-0.4, -0.2) is 9.13 Å². The van der Waals surface area contributed by atoms with Gasteiger partial charge in [0.2, 0.25) is 0 Å². The van der Waals surface area contributed by atoms with Gasteiger partial charge in [-0.2, -0.15) is 5.26 Å². The van der Waals surface area contributed by atoms with Crippen molar-refractivity contribution < 1.29 is 0 Å². The van der Waals surface area contributed by atoms with Gasteiger partial charge in [-0.25, -0.2) is 0 Å². The molecule has 0 N–H and O–H groups in total. The molecule has 2 heterocycles. The molecule has 10 rings (SSSR count). The second kappa shape index (κ2) is 20.2. The minimum Gasteiger partial charge on any atom is -0.308 e. The molecule has 374 valence electrons. The third kappa shape index (κ3) is 9.09. The van der Waals surface area contributed by atoms with Gasteiger partial charge in [0.1, 0.15) is 0 Å². The molecule has 0 aliphatic carbocycles. The average molecular weight is 986 g/mol. The van der Waals surface area contributed by atoms with Crippen LogP contribution in [0.15, 0.2) is 199 Å².